The number of benzene rings is 1. The summed E-state index contributed by atoms with van der Waals surface area (Å²) in [6.45, 7) is 3.08. The number of fused-ring (bicyclic) bond motifs is 1. The molecule has 0 bridgehead atoms. The lowest BCUT2D eigenvalue weighted by Crippen LogP contribution is -2.02. The first-order chi connectivity index (χ1) is 9.88. The first-order valence-corrected chi connectivity index (χ1v) is 6.92. The topological polar surface area (TPSA) is 37.8 Å². The summed E-state index contributed by atoms with van der Waals surface area (Å²) in [5.74, 6) is 0.914. The van der Waals surface area contributed by atoms with Crippen molar-refractivity contribution < 1.29 is 0 Å². The van der Waals surface area contributed by atoms with E-state index in [9.17, 15) is 0 Å². The third-order valence-corrected chi connectivity index (χ3v) is 3.25. The van der Waals surface area contributed by atoms with Crippen LogP contribution in [0.4, 0.5) is 5.82 Å². The quantitative estimate of drug-likeness (QED) is 0.769. The van der Waals surface area contributed by atoms with Crippen LogP contribution in [0.5, 0.6) is 0 Å². The number of hydrogen-bond acceptors (Lipinski definition) is 3. The molecule has 20 heavy (non-hydrogen) atoms. The number of pyridine rings is 2. The smallest absolute Gasteiger partial charge is 0.126 e. The minimum Gasteiger partial charge on any atom is -0.370 e. The van der Waals surface area contributed by atoms with Crippen molar-refractivity contribution in [3.8, 4) is 11.3 Å². The zero-order chi connectivity index (χ0) is 13.8. The standard InChI is InChI=1S/C17H17N3/c1-2-10-19-17-9-5-8-16(20-17)15-12-18-11-13-6-3-4-7-14(13)15/h3-9,11-12H,2,10H2,1H3,(H,19,20). The molecule has 1 aromatic carbocycles. The molecule has 0 fully saturated rings. The van der Waals surface area contributed by atoms with Crippen LogP contribution in [0.3, 0.4) is 0 Å². The van der Waals surface area contributed by atoms with Gasteiger partial charge in [0.1, 0.15) is 5.82 Å². The SMILES string of the molecule is CCCNc1cccc(-c2cncc3ccccc23)n1. The first kappa shape index (κ1) is 12.6. The van der Waals surface area contributed by atoms with E-state index in [-0.39, 0.29) is 0 Å². The average Bonchev–Trinajstić information content (AvgIpc) is 2.52. The van der Waals surface area contributed by atoms with Crippen molar-refractivity contribution in [2.24, 2.45) is 0 Å². The van der Waals surface area contributed by atoms with Crippen molar-refractivity contribution in [2.75, 3.05) is 11.9 Å². The molecule has 2 aromatic heterocycles. The molecule has 3 nitrogen and oxygen atoms in total. The highest BCUT2D eigenvalue weighted by atomic mass is 15.0. The number of nitrogens with zero attached hydrogens (tertiary/aromatic N) is 2. The summed E-state index contributed by atoms with van der Waals surface area (Å²) < 4.78 is 0. The van der Waals surface area contributed by atoms with Gasteiger partial charge < -0.3 is 5.32 Å². The molecule has 0 saturated carbocycles. The van der Waals surface area contributed by atoms with Gasteiger partial charge in [-0.1, -0.05) is 37.3 Å². The molecule has 3 rings (SSSR count). The molecule has 2 heterocycles. The van der Waals surface area contributed by atoms with Gasteiger partial charge >= 0.3 is 0 Å². The molecule has 3 heteroatoms. The molecule has 1 N–H and O–H groups in total. The molecule has 0 unspecified atom stereocenters. The van der Waals surface area contributed by atoms with Crippen LogP contribution in [-0.2, 0) is 0 Å². The maximum atomic E-state index is 4.68. The van der Waals surface area contributed by atoms with E-state index in [2.05, 4.69) is 34.3 Å². The highest BCUT2D eigenvalue weighted by Crippen LogP contribution is 2.26. The van der Waals surface area contributed by atoms with E-state index in [0.29, 0.717) is 0 Å². The predicted molar refractivity (Wildman–Crippen MR) is 83.8 cm³/mol. The summed E-state index contributed by atoms with van der Waals surface area (Å²) in [7, 11) is 0. The van der Waals surface area contributed by atoms with Gasteiger partial charge in [-0.3, -0.25) is 4.98 Å². The molecular formula is C17H17N3. The molecule has 0 amide bonds. The number of anilines is 1. The van der Waals surface area contributed by atoms with E-state index < -0.39 is 0 Å². The number of hydrogen-bond donors (Lipinski definition) is 1. The Morgan fingerprint density at radius 2 is 1.90 bits per heavy atom. The van der Waals surface area contributed by atoms with Crippen LogP contribution >= 0.6 is 0 Å². The number of nitrogens with one attached hydrogen (secondary N) is 1. The van der Waals surface area contributed by atoms with Gasteiger partial charge in [0.15, 0.2) is 0 Å². The highest BCUT2D eigenvalue weighted by Gasteiger charge is 2.06. The molecule has 0 radical (unpaired) electrons. The summed E-state index contributed by atoms with van der Waals surface area (Å²) in [6, 6.07) is 14.3. The Morgan fingerprint density at radius 1 is 1.00 bits per heavy atom. The fourth-order valence-corrected chi connectivity index (χ4v) is 2.26. The third-order valence-electron chi connectivity index (χ3n) is 3.25. The summed E-state index contributed by atoms with van der Waals surface area (Å²) in [4.78, 5) is 9.00. The van der Waals surface area contributed by atoms with Crippen molar-refractivity contribution >= 4 is 16.6 Å². The molecule has 0 aliphatic heterocycles. The van der Waals surface area contributed by atoms with Crippen molar-refractivity contribution in [1.29, 1.82) is 0 Å². The molecule has 0 atom stereocenters. The van der Waals surface area contributed by atoms with Gasteiger partial charge in [0.25, 0.3) is 0 Å². The molecule has 0 spiro atoms. The Morgan fingerprint density at radius 3 is 2.80 bits per heavy atom. The van der Waals surface area contributed by atoms with Gasteiger partial charge in [-0.15, -0.1) is 0 Å². The second-order valence-electron chi connectivity index (χ2n) is 4.74. The second-order valence-corrected chi connectivity index (χ2v) is 4.74. The van der Waals surface area contributed by atoms with E-state index in [4.69, 9.17) is 0 Å². The van der Waals surface area contributed by atoms with Crippen LogP contribution in [0.2, 0.25) is 0 Å². The Labute approximate surface area is 118 Å². The Balaban J connectivity index is 2.06. The normalized spacial score (nSPS) is 10.7. The third kappa shape index (κ3) is 2.48. The summed E-state index contributed by atoms with van der Waals surface area (Å²) >= 11 is 0. The van der Waals surface area contributed by atoms with Gasteiger partial charge in [0, 0.05) is 29.9 Å². The fraction of sp³-hybridized carbons (Fsp3) is 0.176. The Hall–Kier alpha value is -2.42. The van der Waals surface area contributed by atoms with E-state index >= 15 is 0 Å². The summed E-state index contributed by atoms with van der Waals surface area (Å²) in [5.41, 5.74) is 2.03. The molecule has 0 saturated heterocycles. The van der Waals surface area contributed by atoms with Crippen LogP contribution in [0.15, 0.2) is 54.9 Å². The van der Waals surface area contributed by atoms with Crippen molar-refractivity contribution in [3.05, 3.63) is 54.9 Å². The molecule has 0 aliphatic carbocycles. The minimum absolute atomic E-state index is 0.914. The molecule has 3 aromatic rings. The Kier molecular flexibility index (Phi) is 3.59. The number of rotatable bonds is 4. The molecule has 0 aliphatic rings. The number of aromatic nitrogens is 2. The lowest BCUT2D eigenvalue weighted by Gasteiger charge is -2.08. The Bertz CT molecular complexity index is 717. The van der Waals surface area contributed by atoms with E-state index in [1.165, 1.54) is 5.39 Å². The maximum absolute atomic E-state index is 4.68. The van der Waals surface area contributed by atoms with Crippen molar-refractivity contribution in [1.82, 2.24) is 9.97 Å². The zero-order valence-electron chi connectivity index (χ0n) is 11.5. The van der Waals surface area contributed by atoms with E-state index in [0.717, 1.165) is 35.4 Å². The molecule has 100 valence electrons. The van der Waals surface area contributed by atoms with Crippen LogP contribution in [-0.4, -0.2) is 16.5 Å². The van der Waals surface area contributed by atoms with Crippen molar-refractivity contribution in [3.63, 3.8) is 0 Å². The van der Waals surface area contributed by atoms with Crippen LogP contribution in [0.25, 0.3) is 22.0 Å². The predicted octanol–water partition coefficient (Wildman–Crippen LogP) is 4.12. The lowest BCUT2D eigenvalue weighted by atomic mass is 10.1. The maximum Gasteiger partial charge on any atom is 0.126 e. The highest BCUT2D eigenvalue weighted by molar-refractivity contribution is 5.94. The van der Waals surface area contributed by atoms with Gasteiger partial charge in [-0.2, -0.15) is 0 Å². The van der Waals surface area contributed by atoms with Gasteiger partial charge in [-0.25, -0.2) is 4.98 Å². The monoisotopic (exact) mass is 263 g/mol. The van der Waals surface area contributed by atoms with Gasteiger partial charge in [0.2, 0.25) is 0 Å². The summed E-state index contributed by atoms with van der Waals surface area (Å²) in [5, 5.41) is 5.64. The fourth-order valence-electron chi connectivity index (χ4n) is 2.26. The average molecular weight is 263 g/mol. The van der Waals surface area contributed by atoms with Crippen molar-refractivity contribution in [2.45, 2.75) is 13.3 Å². The minimum atomic E-state index is 0.914. The van der Waals surface area contributed by atoms with Gasteiger partial charge in [0.05, 0.1) is 5.69 Å². The van der Waals surface area contributed by atoms with Crippen LogP contribution in [0, 0.1) is 0 Å². The second kappa shape index (κ2) is 5.70. The summed E-state index contributed by atoms with van der Waals surface area (Å²) in [6.07, 6.45) is 4.86. The van der Waals surface area contributed by atoms with E-state index in [1.54, 1.807) is 0 Å². The largest absolute Gasteiger partial charge is 0.370 e. The lowest BCUT2D eigenvalue weighted by molar-refractivity contribution is 0.970. The first-order valence-electron chi connectivity index (χ1n) is 6.92. The zero-order valence-corrected chi connectivity index (χ0v) is 11.5. The van der Waals surface area contributed by atoms with E-state index in [1.807, 2.05) is 42.7 Å². The van der Waals surface area contributed by atoms with Crippen LogP contribution in [0.1, 0.15) is 13.3 Å². The van der Waals surface area contributed by atoms with Gasteiger partial charge in [-0.05, 0) is 23.9 Å². The molecular weight excluding hydrogens is 246 g/mol. The van der Waals surface area contributed by atoms with Crippen LogP contribution < -0.4 is 5.32 Å².